The SMILES string of the molecule is CCOc1ccc2[nH]c(-c3snnc3C(C)(C)C)nc2n1. The Morgan fingerprint density at radius 2 is 2.05 bits per heavy atom. The maximum absolute atomic E-state index is 5.40. The molecule has 0 atom stereocenters. The van der Waals surface area contributed by atoms with Crippen LogP contribution in [0.4, 0.5) is 0 Å². The molecule has 1 N–H and O–H groups in total. The van der Waals surface area contributed by atoms with Crippen molar-refractivity contribution in [3.05, 3.63) is 17.8 Å². The number of ether oxygens (including phenoxy) is 1. The van der Waals surface area contributed by atoms with E-state index in [0.717, 1.165) is 21.9 Å². The van der Waals surface area contributed by atoms with Crippen LogP contribution in [0.2, 0.25) is 0 Å². The summed E-state index contributed by atoms with van der Waals surface area (Å²) in [5.74, 6) is 1.34. The number of aromatic nitrogens is 5. The average Bonchev–Trinajstić information content (AvgIpc) is 3.04. The molecule has 0 saturated heterocycles. The van der Waals surface area contributed by atoms with Gasteiger partial charge in [0, 0.05) is 11.5 Å². The van der Waals surface area contributed by atoms with Gasteiger partial charge in [0.05, 0.1) is 17.8 Å². The zero-order valence-corrected chi connectivity index (χ0v) is 13.3. The first-order valence-electron chi connectivity index (χ1n) is 6.82. The summed E-state index contributed by atoms with van der Waals surface area (Å²) in [5.41, 5.74) is 2.38. The van der Waals surface area contributed by atoms with Crippen LogP contribution in [0.3, 0.4) is 0 Å². The minimum atomic E-state index is -0.0782. The van der Waals surface area contributed by atoms with Crippen LogP contribution in [0.15, 0.2) is 12.1 Å². The van der Waals surface area contributed by atoms with E-state index >= 15 is 0 Å². The molecule has 0 amide bonds. The van der Waals surface area contributed by atoms with Crippen LogP contribution in [-0.2, 0) is 5.41 Å². The maximum Gasteiger partial charge on any atom is 0.215 e. The Labute approximate surface area is 126 Å². The van der Waals surface area contributed by atoms with Crippen molar-refractivity contribution in [2.75, 3.05) is 6.61 Å². The van der Waals surface area contributed by atoms with E-state index in [1.165, 1.54) is 11.5 Å². The standard InChI is InChI=1S/C14H17N5OS/c1-5-20-9-7-6-8-12(16-9)17-13(15-8)10-11(14(2,3)4)18-19-21-10/h6-7H,5H2,1-4H3,(H,15,16,17). The quantitative estimate of drug-likeness (QED) is 0.804. The minimum Gasteiger partial charge on any atom is -0.478 e. The number of aromatic amines is 1. The molecule has 3 aromatic heterocycles. The van der Waals surface area contributed by atoms with Crippen molar-refractivity contribution in [3.8, 4) is 16.6 Å². The number of hydrogen-bond acceptors (Lipinski definition) is 6. The van der Waals surface area contributed by atoms with Crippen molar-refractivity contribution in [1.29, 1.82) is 0 Å². The molecule has 6 nitrogen and oxygen atoms in total. The number of hydrogen-bond donors (Lipinski definition) is 1. The van der Waals surface area contributed by atoms with Crippen LogP contribution in [0, 0.1) is 0 Å². The van der Waals surface area contributed by atoms with E-state index in [-0.39, 0.29) is 5.41 Å². The van der Waals surface area contributed by atoms with E-state index in [4.69, 9.17) is 4.74 Å². The summed E-state index contributed by atoms with van der Waals surface area (Å²) in [7, 11) is 0. The van der Waals surface area contributed by atoms with E-state index in [1.54, 1.807) is 0 Å². The van der Waals surface area contributed by atoms with Crippen LogP contribution in [0.1, 0.15) is 33.4 Å². The van der Waals surface area contributed by atoms with Crippen molar-refractivity contribution in [3.63, 3.8) is 0 Å². The van der Waals surface area contributed by atoms with Gasteiger partial charge < -0.3 is 9.72 Å². The van der Waals surface area contributed by atoms with Gasteiger partial charge in [-0.1, -0.05) is 25.3 Å². The second-order valence-corrected chi connectivity index (χ2v) is 6.49. The minimum absolute atomic E-state index is 0.0782. The summed E-state index contributed by atoms with van der Waals surface area (Å²) >= 11 is 1.35. The second kappa shape index (κ2) is 5.07. The van der Waals surface area contributed by atoms with Gasteiger partial charge in [0.25, 0.3) is 0 Å². The molecule has 21 heavy (non-hydrogen) atoms. The molecule has 0 bridgehead atoms. The molecular weight excluding hydrogens is 286 g/mol. The summed E-state index contributed by atoms with van der Waals surface area (Å²) in [6.45, 7) is 8.85. The van der Waals surface area contributed by atoms with Gasteiger partial charge in [0.15, 0.2) is 11.5 Å². The number of H-pyrrole nitrogens is 1. The molecule has 3 aromatic rings. The summed E-state index contributed by atoms with van der Waals surface area (Å²) in [6.07, 6.45) is 0. The summed E-state index contributed by atoms with van der Waals surface area (Å²) < 4.78 is 9.47. The lowest BCUT2D eigenvalue weighted by Crippen LogP contribution is -2.13. The first kappa shape index (κ1) is 13.9. The normalized spacial score (nSPS) is 12.0. The molecule has 0 aliphatic rings. The lowest BCUT2D eigenvalue weighted by Gasteiger charge is -2.15. The lowest BCUT2D eigenvalue weighted by atomic mass is 9.91. The molecule has 0 unspecified atom stereocenters. The van der Waals surface area contributed by atoms with Crippen molar-refractivity contribution in [2.24, 2.45) is 0 Å². The Bertz CT molecular complexity index is 771. The van der Waals surface area contributed by atoms with E-state index in [1.807, 2.05) is 19.1 Å². The molecule has 0 fully saturated rings. The third-order valence-electron chi connectivity index (χ3n) is 3.03. The molecule has 0 radical (unpaired) electrons. The predicted octanol–water partition coefficient (Wildman–Crippen LogP) is 3.17. The molecular formula is C14H17N5OS. The Morgan fingerprint density at radius 1 is 1.24 bits per heavy atom. The monoisotopic (exact) mass is 303 g/mol. The van der Waals surface area contributed by atoms with Gasteiger partial charge >= 0.3 is 0 Å². The maximum atomic E-state index is 5.40. The predicted molar refractivity (Wildman–Crippen MR) is 82.7 cm³/mol. The van der Waals surface area contributed by atoms with Gasteiger partial charge in [0.2, 0.25) is 5.88 Å². The van der Waals surface area contributed by atoms with Crippen LogP contribution in [-0.4, -0.2) is 31.1 Å². The smallest absolute Gasteiger partial charge is 0.215 e. The van der Waals surface area contributed by atoms with Crippen LogP contribution >= 0.6 is 11.5 Å². The highest BCUT2D eigenvalue weighted by atomic mass is 32.1. The van der Waals surface area contributed by atoms with Crippen molar-refractivity contribution >= 4 is 22.7 Å². The highest BCUT2D eigenvalue weighted by molar-refractivity contribution is 7.09. The van der Waals surface area contributed by atoms with Gasteiger partial charge in [-0.2, -0.15) is 4.98 Å². The molecule has 110 valence electrons. The number of fused-ring (bicyclic) bond motifs is 1. The second-order valence-electron chi connectivity index (χ2n) is 5.74. The Balaban J connectivity index is 2.08. The first-order chi connectivity index (χ1) is 9.99. The molecule has 3 rings (SSSR count). The molecule has 0 aromatic carbocycles. The molecule has 0 aliphatic carbocycles. The topological polar surface area (TPSA) is 76.6 Å². The summed E-state index contributed by atoms with van der Waals surface area (Å²) in [6, 6.07) is 3.76. The fraction of sp³-hybridized carbons (Fsp3) is 0.429. The van der Waals surface area contributed by atoms with Crippen LogP contribution < -0.4 is 4.74 Å². The van der Waals surface area contributed by atoms with Crippen molar-refractivity contribution < 1.29 is 4.74 Å². The number of pyridine rings is 1. The van der Waals surface area contributed by atoms with E-state index in [9.17, 15) is 0 Å². The number of rotatable bonds is 3. The lowest BCUT2D eigenvalue weighted by molar-refractivity contribution is 0.328. The first-order valence-corrected chi connectivity index (χ1v) is 7.59. The molecule has 3 heterocycles. The van der Waals surface area contributed by atoms with Gasteiger partial charge in [-0.3, -0.25) is 0 Å². The number of nitrogens with zero attached hydrogens (tertiary/aromatic N) is 4. The van der Waals surface area contributed by atoms with Crippen molar-refractivity contribution in [1.82, 2.24) is 24.5 Å². The Hall–Kier alpha value is -2.02. The molecule has 0 aliphatic heterocycles. The van der Waals surface area contributed by atoms with Gasteiger partial charge in [-0.25, -0.2) is 4.98 Å². The largest absolute Gasteiger partial charge is 0.478 e. The average molecular weight is 303 g/mol. The third-order valence-corrected chi connectivity index (χ3v) is 3.76. The van der Waals surface area contributed by atoms with Crippen LogP contribution in [0.25, 0.3) is 21.9 Å². The zero-order valence-electron chi connectivity index (χ0n) is 12.5. The fourth-order valence-corrected chi connectivity index (χ4v) is 2.87. The Kier molecular flexibility index (Phi) is 3.36. The Morgan fingerprint density at radius 3 is 2.76 bits per heavy atom. The van der Waals surface area contributed by atoms with E-state index < -0.39 is 0 Å². The molecule has 0 spiro atoms. The number of nitrogens with one attached hydrogen (secondary N) is 1. The van der Waals surface area contributed by atoms with Crippen molar-refractivity contribution in [2.45, 2.75) is 33.1 Å². The highest BCUT2D eigenvalue weighted by Crippen LogP contribution is 2.33. The van der Waals surface area contributed by atoms with Gasteiger partial charge in [0.1, 0.15) is 4.88 Å². The molecule has 7 heteroatoms. The summed E-state index contributed by atoms with van der Waals surface area (Å²) in [4.78, 5) is 13.2. The number of imidazole rings is 1. The van der Waals surface area contributed by atoms with Gasteiger partial charge in [-0.05, 0) is 24.5 Å². The zero-order chi connectivity index (χ0) is 15.0. The van der Waals surface area contributed by atoms with E-state index in [0.29, 0.717) is 18.1 Å². The molecule has 0 saturated carbocycles. The van der Waals surface area contributed by atoms with Gasteiger partial charge in [-0.15, -0.1) is 5.10 Å². The fourth-order valence-electron chi connectivity index (χ4n) is 2.05. The summed E-state index contributed by atoms with van der Waals surface area (Å²) in [5, 5.41) is 4.24. The van der Waals surface area contributed by atoms with Crippen LogP contribution in [0.5, 0.6) is 5.88 Å². The highest BCUT2D eigenvalue weighted by Gasteiger charge is 2.25. The van der Waals surface area contributed by atoms with E-state index in [2.05, 4.69) is 45.3 Å². The third kappa shape index (κ3) is 2.61.